The predicted molar refractivity (Wildman–Crippen MR) is 62.1 cm³/mol. The van der Waals surface area contributed by atoms with Crippen LogP contribution >= 0.6 is 11.3 Å². The molecule has 0 radical (unpaired) electrons. The number of carbonyl (C=O) groups excluding carboxylic acids is 1. The van der Waals surface area contributed by atoms with Gasteiger partial charge in [-0.2, -0.15) is 0 Å². The monoisotopic (exact) mass is 224 g/mol. The Balaban J connectivity index is 1.76. The van der Waals surface area contributed by atoms with Crippen LogP contribution in [-0.2, 0) is 11.2 Å². The van der Waals surface area contributed by atoms with Gasteiger partial charge in [-0.1, -0.05) is 6.07 Å². The second kappa shape index (κ2) is 5.28. The molecule has 1 aliphatic rings. The zero-order chi connectivity index (χ0) is 10.5. The van der Waals surface area contributed by atoms with Crippen LogP contribution in [0, 0.1) is 0 Å². The molecule has 0 spiro atoms. The summed E-state index contributed by atoms with van der Waals surface area (Å²) >= 11 is 1.64. The number of hydrogen-bond donors (Lipinski definition) is 2. The third-order valence-electron chi connectivity index (χ3n) is 2.58. The highest BCUT2D eigenvalue weighted by atomic mass is 32.1. The highest BCUT2D eigenvalue weighted by Crippen LogP contribution is 2.09. The average Bonchev–Trinajstić information content (AvgIpc) is 2.71. The fourth-order valence-corrected chi connectivity index (χ4v) is 2.53. The van der Waals surface area contributed by atoms with Gasteiger partial charge in [0.2, 0.25) is 5.91 Å². The van der Waals surface area contributed by atoms with Gasteiger partial charge < -0.3 is 10.6 Å². The molecule has 82 valence electrons. The number of amides is 1. The van der Waals surface area contributed by atoms with Gasteiger partial charge in [0, 0.05) is 17.5 Å². The van der Waals surface area contributed by atoms with Crippen molar-refractivity contribution in [1.82, 2.24) is 10.6 Å². The Bertz CT molecular complexity index is 304. The summed E-state index contributed by atoms with van der Waals surface area (Å²) in [7, 11) is 0. The highest BCUT2D eigenvalue weighted by molar-refractivity contribution is 7.10. The molecule has 0 aliphatic carbocycles. The average molecular weight is 224 g/mol. The van der Waals surface area contributed by atoms with E-state index in [0.29, 0.717) is 12.5 Å². The maximum atomic E-state index is 11.6. The Kier molecular flexibility index (Phi) is 3.75. The van der Waals surface area contributed by atoms with Crippen LogP contribution in [0.5, 0.6) is 0 Å². The largest absolute Gasteiger partial charge is 0.352 e. The van der Waals surface area contributed by atoms with Crippen LogP contribution in [0.25, 0.3) is 0 Å². The van der Waals surface area contributed by atoms with E-state index in [2.05, 4.69) is 10.6 Å². The van der Waals surface area contributed by atoms with E-state index < -0.39 is 0 Å². The van der Waals surface area contributed by atoms with E-state index in [4.69, 9.17) is 0 Å². The van der Waals surface area contributed by atoms with Gasteiger partial charge in [-0.15, -0.1) is 11.3 Å². The molecule has 0 aromatic carbocycles. The molecular formula is C11H16N2OS. The fraction of sp³-hybridized carbons (Fsp3) is 0.545. The molecule has 1 fully saturated rings. The molecule has 2 heterocycles. The van der Waals surface area contributed by atoms with Crippen molar-refractivity contribution < 1.29 is 4.79 Å². The molecule has 1 aromatic heterocycles. The Labute approximate surface area is 93.9 Å². The van der Waals surface area contributed by atoms with Crippen LogP contribution in [-0.4, -0.2) is 25.0 Å². The van der Waals surface area contributed by atoms with Gasteiger partial charge in [-0.25, -0.2) is 0 Å². The lowest BCUT2D eigenvalue weighted by atomic mass is 10.1. The van der Waals surface area contributed by atoms with Gasteiger partial charge >= 0.3 is 0 Å². The first kappa shape index (κ1) is 10.6. The highest BCUT2D eigenvalue weighted by Gasteiger charge is 2.15. The minimum Gasteiger partial charge on any atom is -0.352 e. The van der Waals surface area contributed by atoms with Gasteiger partial charge in [0.1, 0.15) is 0 Å². The van der Waals surface area contributed by atoms with Crippen LogP contribution in [0.3, 0.4) is 0 Å². The summed E-state index contributed by atoms with van der Waals surface area (Å²) in [6, 6.07) is 4.31. The van der Waals surface area contributed by atoms with Gasteiger partial charge in [0.05, 0.1) is 6.42 Å². The molecule has 1 aromatic rings. The van der Waals surface area contributed by atoms with E-state index in [1.807, 2.05) is 17.5 Å². The predicted octanol–water partition coefficient (Wildman–Crippen LogP) is 1.16. The smallest absolute Gasteiger partial charge is 0.225 e. The van der Waals surface area contributed by atoms with Crippen molar-refractivity contribution in [2.75, 3.05) is 13.1 Å². The minimum absolute atomic E-state index is 0.145. The summed E-state index contributed by atoms with van der Waals surface area (Å²) in [6.45, 7) is 1.99. The van der Waals surface area contributed by atoms with E-state index >= 15 is 0 Å². The zero-order valence-corrected chi connectivity index (χ0v) is 9.48. The molecule has 3 nitrogen and oxygen atoms in total. The zero-order valence-electron chi connectivity index (χ0n) is 8.66. The number of thiophene rings is 1. The van der Waals surface area contributed by atoms with E-state index in [1.54, 1.807) is 11.3 Å². The maximum absolute atomic E-state index is 11.6. The Morgan fingerprint density at radius 2 is 2.60 bits per heavy atom. The van der Waals surface area contributed by atoms with Crippen LogP contribution in [0.1, 0.15) is 17.7 Å². The molecule has 1 atom stereocenters. The van der Waals surface area contributed by atoms with Crippen molar-refractivity contribution in [3.05, 3.63) is 22.4 Å². The second-order valence-electron chi connectivity index (χ2n) is 3.87. The first-order chi connectivity index (χ1) is 7.34. The number of carbonyl (C=O) groups is 1. The maximum Gasteiger partial charge on any atom is 0.225 e. The van der Waals surface area contributed by atoms with Gasteiger partial charge in [-0.05, 0) is 30.8 Å². The summed E-state index contributed by atoms with van der Waals surface area (Å²) in [6.07, 6.45) is 2.78. The number of nitrogens with one attached hydrogen (secondary N) is 2. The molecule has 2 rings (SSSR count). The molecule has 1 aliphatic heterocycles. The van der Waals surface area contributed by atoms with Crippen LogP contribution in [0.4, 0.5) is 0 Å². The molecular weight excluding hydrogens is 208 g/mol. The quantitative estimate of drug-likeness (QED) is 0.809. The van der Waals surface area contributed by atoms with Crippen molar-refractivity contribution in [2.45, 2.75) is 25.3 Å². The first-order valence-electron chi connectivity index (χ1n) is 5.37. The van der Waals surface area contributed by atoms with Crippen LogP contribution in [0.2, 0.25) is 0 Å². The van der Waals surface area contributed by atoms with Gasteiger partial charge in [0.15, 0.2) is 0 Å². The van der Waals surface area contributed by atoms with Crippen molar-refractivity contribution in [3.8, 4) is 0 Å². The van der Waals surface area contributed by atoms with E-state index in [9.17, 15) is 4.79 Å². The summed E-state index contributed by atoms with van der Waals surface area (Å²) in [5.41, 5.74) is 0. The lowest BCUT2D eigenvalue weighted by molar-refractivity contribution is -0.121. The second-order valence-corrected chi connectivity index (χ2v) is 4.90. The Morgan fingerprint density at radius 1 is 1.67 bits per heavy atom. The van der Waals surface area contributed by atoms with Crippen LogP contribution in [0.15, 0.2) is 17.5 Å². The SMILES string of the molecule is O=C(Cc1cccs1)NC1CCCNC1. The third-order valence-corrected chi connectivity index (χ3v) is 3.45. The lowest BCUT2D eigenvalue weighted by Gasteiger charge is -2.23. The summed E-state index contributed by atoms with van der Waals surface area (Å²) in [5.74, 6) is 0.145. The summed E-state index contributed by atoms with van der Waals surface area (Å²) < 4.78 is 0. The number of rotatable bonds is 3. The molecule has 0 bridgehead atoms. The number of hydrogen-bond acceptors (Lipinski definition) is 3. The van der Waals surface area contributed by atoms with E-state index in [1.165, 1.54) is 0 Å². The summed E-state index contributed by atoms with van der Waals surface area (Å²) in [5, 5.41) is 8.35. The molecule has 1 saturated heterocycles. The van der Waals surface area contributed by atoms with Crippen molar-refractivity contribution in [1.29, 1.82) is 0 Å². The van der Waals surface area contributed by atoms with Crippen LogP contribution < -0.4 is 10.6 Å². The molecule has 2 N–H and O–H groups in total. The van der Waals surface area contributed by atoms with Gasteiger partial charge in [0.25, 0.3) is 0 Å². The third kappa shape index (κ3) is 3.32. The lowest BCUT2D eigenvalue weighted by Crippen LogP contribution is -2.46. The summed E-state index contributed by atoms with van der Waals surface area (Å²) in [4.78, 5) is 12.8. The van der Waals surface area contributed by atoms with Crippen molar-refractivity contribution in [3.63, 3.8) is 0 Å². The molecule has 15 heavy (non-hydrogen) atoms. The normalized spacial score (nSPS) is 21.2. The Hall–Kier alpha value is -0.870. The Morgan fingerprint density at radius 3 is 3.27 bits per heavy atom. The van der Waals surface area contributed by atoms with Crippen molar-refractivity contribution >= 4 is 17.2 Å². The number of piperidine rings is 1. The molecule has 0 saturated carbocycles. The van der Waals surface area contributed by atoms with Gasteiger partial charge in [-0.3, -0.25) is 4.79 Å². The fourth-order valence-electron chi connectivity index (χ4n) is 1.83. The standard InChI is InChI=1S/C11H16N2OS/c14-11(7-10-4-2-6-15-10)13-9-3-1-5-12-8-9/h2,4,6,9,12H,1,3,5,7-8H2,(H,13,14). The van der Waals surface area contributed by atoms with Crippen molar-refractivity contribution in [2.24, 2.45) is 0 Å². The molecule has 1 amide bonds. The van der Waals surface area contributed by atoms with E-state index in [0.717, 1.165) is 30.8 Å². The minimum atomic E-state index is 0.145. The van der Waals surface area contributed by atoms with E-state index in [-0.39, 0.29) is 5.91 Å². The topological polar surface area (TPSA) is 41.1 Å². The molecule has 1 unspecified atom stereocenters. The molecule has 4 heteroatoms. The first-order valence-corrected chi connectivity index (χ1v) is 6.25.